The molecule has 0 aliphatic rings. The summed E-state index contributed by atoms with van der Waals surface area (Å²) in [6, 6.07) is 12.1. The third-order valence-corrected chi connectivity index (χ3v) is 3.52. The molecule has 2 aromatic carbocycles. The zero-order valence-electron chi connectivity index (χ0n) is 13.3. The van der Waals surface area contributed by atoms with E-state index in [0.717, 1.165) is 0 Å². The van der Waals surface area contributed by atoms with E-state index in [1.807, 2.05) is 4.90 Å². The summed E-state index contributed by atoms with van der Waals surface area (Å²) in [7, 11) is 1.78. The van der Waals surface area contributed by atoms with E-state index in [1.54, 1.807) is 31.3 Å². The van der Waals surface area contributed by atoms with Gasteiger partial charge in [0.1, 0.15) is 6.61 Å². The van der Waals surface area contributed by atoms with E-state index >= 15 is 0 Å². The lowest BCUT2D eigenvalue weighted by Crippen LogP contribution is -2.29. The predicted molar refractivity (Wildman–Crippen MR) is 87.4 cm³/mol. The zero-order valence-corrected chi connectivity index (χ0v) is 13.3. The van der Waals surface area contributed by atoms with Gasteiger partial charge in [0.05, 0.1) is 11.0 Å². The van der Waals surface area contributed by atoms with Gasteiger partial charge >= 0.3 is 0 Å². The van der Waals surface area contributed by atoms with Crippen LogP contribution in [0.15, 0.2) is 48.5 Å². The molecule has 0 bridgehead atoms. The normalized spacial score (nSPS) is 12.2. The second-order valence-electron chi connectivity index (χ2n) is 5.41. The Kier molecular flexibility index (Phi) is 6.22. The molecule has 2 rings (SSSR count). The number of ether oxygens (including phenoxy) is 1. The van der Waals surface area contributed by atoms with E-state index in [4.69, 9.17) is 4.74 Å². The van der Waals surface area contributed by atoms with Crippen molar-refractivity contribution in [3.8, 4) is 5.75 Å². The van der Waals surface area contributed by atoms with Gasteiger partial charge in [-0.3, -0.25) is 10.1 Å². The number of hydrogen-bond acceptors (Lipinski definition) is 5. The number of halogens is 1. The van der Waals surface area contributed by atoms with Crippen molar-refractivity contribution in [2.24, 2.45) is 0 Å². The van der Waals surface area contributed by atoms with Crippen LogP contribution in [0.2, 0.25) is 0 Å². The molecule has 0 saturated carbocycles. The van der Waals surface area contributed by atoms with Gasteiger partial charge in [0.25, 0.3) is 5.69 Å². The number of aliphatic hydroxyl groups is 1. The largest absolute Gasteiger partial charge is 0.489 e. The number of aliphatic hydroxyl groups excluding tert-OH is 1. The summed E-state index contributed by atoms with van der Waals surface area (Å²) < 4.78 is 18.8. The number of rotatable bonds is 8. The van der Waals surface area contributed by atoms with Crippen LogP contribution in [0.1, 0.15) is 11.7 Å². The summed E-state index contributed by atoms with van der Waals surface area (Å²) in [5.41, 5.74) is 0.420. The van der Waals surface area contributed by atoms with Crippen LogP contribution in [0.5, 0.6) is 5.75 Å². The lowest BCUT2D eigenvalue weighted by Gasteiger charge is -2.21. The molecule has 1 unspecified atom stereocenters. The van der Waals surface area contributed by atoms with Gasteiger partial charge in [-0.05, 0) is 24.7 Å². The molecule has 0 saturated heterocycles. The molecule has 0 heterocycles. The lowest BCUT2D eigenvalue weighted by molar-refractivity contribution is -0.385. The molecule has 0 aromatic heterocycles. The van der Waals surface area contributed by atoms with Gasteiger partial charge < -0.3 is 14.7 Å². The first-order chi connectivity index (χ1) is 11.5. The highest BCUT2D eigenvalue weighted by molar-refractivity contribution is 5.35. The maximum absolute atomic E-state index is 13.4. The first-order valence-corrected chi connectivity index (χ1v) is 7.45. The summed E-state index contributed by atoms with van der Waals surface area (Å²) in [5, 5.41) is 21.0. The highest BCUT2D eigenvalue weighted by Gasteiger charge is 2.14. The van der Waals surface area contributed by atoms with E-state index in [9.17, 15) is 19.6 Å². The Labute approximate surface area is 139 Å². The van der Waals surface area contributed by atoms with Gasteiger partial charge in [-0.1, -0.05) is 24.3 Å². The lowest BCUT2D eigenvalue weighted by atomic mass is 10.1. The van der Waals surface area contributed by atoms with Crippen molar-refractivity contribution in [3.63, 3.8) is 0 Å². The number of benzene rings is 2. The van der Waals surface area contributed by atoms with Crippen LogP contribution in [0.3, 0.4) is 0 Å². The minimum Gasteiger partial charge on any atom is -0.489 e. The molecule has 0 fully saturated rings. The maximum Gasteiger partial charge on any atom is 0.269 e. The van der Waals surface area contributed by atoms with Gasteiger partial charge in [0.15, 0.2) is 11.6 Å². The number of nitro benzene ring substituents is 1. The van der Waals surface area contributed by atoms with Crippen LogP contribution in [0.4, 0.5) is 10.1 Å². The van der Waals surface area contributed by atoms with Gasteiger partial charge in [-0.2, -0.15) is 0 Å². The molecule has 1 atom stereocenters. The molecule has 24 heavy (non-hydrogen) atoms. The standard InChI is InChI=1S/C17H19FN2O4/c1-19(9-10-24-17-8-3-2-7-15(17)18)12-16(21)13-5-4-6-14(11-13)20(22)23/h2-8,11,16,21H,9-10,12H2,1H3. The van der Waals surface area contributed by atoms with Crippen molar-refractivity contribution in [2.45, 2.75) is 6.10 Å². The average Bonchev–Trinajstić information content (AvgIpc) is 2.56. The number of nitrogens with zero attached hydrogens (tertiary/aromatic N) is 2. The van der Waals surface area contributed by atoms with Gasteiger partial charge in [0, 0.05) is 25.2 Å². The van der Waals surface area contributed by atoms with Crippen LogP contribution < -0.4 is 4.74 Å². The smallest absolute Gasteiger partial charge is 0.269 e. The third kappa shape index (κ3) is 5.00. The van der Waals surface area contributed by atoms with Gasteiger partial charge in [-0.15, -0.1) is 0 Å². The SMILES string of the molecule is CN(CCOc1ccccc1F)CC(O)c1cccc([N+](=O)[O-])c1. The number of likely N-dealkylation sites (N-methyl/N-ethyl adjacent to an activating group) is 1. The summed E-state index contributed by atoms with van der Waals surface area (Å²) in [6.07, 6.45) is -0.858. The number of para-hydroxylation sites is 1. The molecule has 0 radical (unpaired) electrons. The van der Waals surface area contributed by atoms with Crippen LogP contribution >= 0.6 is 0 Å². The summed E-state index contributed by atoms with van der Waals surface area (Å²) in [4.78, 5) is 12.1. The third-order valence-electron chi connectivity index (χ3n) is 3.52. The van der Waals surface area contributed by atoms with E-state index in [1.165, 1.54) is 24.3 Å². The van der Waals surface area contributed by atoms with Crippen molar-refractivity contribution >= 4 is 5.69 Å². The second kappa shape index (κ2) is 8.37. The average molecular weight is 334 g/mol. The highest BCUT2D eigenvalue weighted by Crippen LogP contribution is 2.20. The van der Waals surface area contributed by atoms with E-state index in [0.29, 0.717) is 12.1 Å². The summed E-state index contributed by atoms with van der Waals surface area (Å²) in [5.74, 6) is -0.234. The van der Waals surface area contributed by atoms with Crippen LogP contribution in [0, 0.1) is 15.9 Å². The Morgan fingerprint density at radius 1 is 1.29 bits per heavy atom. The fourth-order valence-corrected chi connectivity index (χ4v) is 2.21. The Balaban J connectivity index is 1.83. The molecule has 0 amide bonds. The van der Waals surface area contributed by atoms with Crippen LogP contribution in [-0.2, 0) is 0 Å². The first-order valence-electron chi connectivity index (χ1n) is 7.45. The molecule has 1 N–H and O–H groups in total. The number of non-ortho nitro benzene ring substituents is 1. The Bertz CT molecular complexity index is 696. The van der Waals surface area contributed by atoms with Crippen LogP contribution in [-0.4, -0.2) is 41.7 Å². The molecular weight excluding hydrogens is 315 g/mol. The fourth-order valence-electron chi connectivity index (χ4n) is 2.21. The summed E-state index contributed by atoms with van der Waals surface area (Å²) in [6.45, 7) is 1.02. The molecule has 2 aromatic rings. The Morgan fingerprint density at radius 3 is 2.75 bits per heavy atom. The zero-order chi connectivity index (χ0) is 17.5. The number of hydrogen-bond donors (Lipinski definition) is 1. The Hall–Kier alpha value is -2.51. The fraction of sp³-hybridized carbons (Fsp3) is 0.294. The minimum atomic E-state index is -0.858. The topological polar surface area (TPSA) is 75.8 Å². The monoisotopic (exact) mass is 334 g/mol. The molecule has 7 heteroatoms. The van der Waals surface area contributed by atoms with Gasteiger partial charge in [0.2, 0.25) is 0 Å². The first kappa shape index (κ1) is 17.8. The molecule has 0 aliphatic heterocycles. The van der Waals surface area contributed by atoms with Crippen molar-refractivity contribution in [2.75, 3.05) is 26.7 Å². The Morgan fingerprint density at radius 2 is 2.04 bits per heavy atom. The highest BCUT2D eigenvalue weighted by atomic mass is 19.1. The molecule has 0 spiro atoms. The van der Waals surface area contributed by atoms with E-state index < -0.39 is 16.8 Å². The maximum atomic E-state index is 13.4. The van der Waals surface area contributed by atoms with Crippen molar-refractivity contribution < 1.29 is 19.2 Å². The van der Waals surface area contributed by atoms with E-state index in [2.05, 4.69) is 0 Å². The minimum absolute atomic E-state index is 0.0583. The second-order valence-corrected chi connectivity index (χ2v) is 5.41. The summed E-state index contributed by atoms with van der Waals surface area (Å²) >= 11 is 0. The molecule has 6 nitrogen and oxygen atoms in total. The van der Waals surface area contributed by atoms with Crippen molar-refractivity contribution in [1.82, 2.24) is 4.90 Å². The van der Waals surface area contributed by atoms with Gasteiger partial charge in [-0.25, -0.2) is 4.39 Å². The predicted octanol–water partition coefficient (Wildman–Crippen LogP) is 2.78. The molecule has 128 valence electrons. The van der Waals surface area contributed by atoms with Crippen LogP contribution in [0.25, 0.3) is 0 Å². The van der Waals surface area contributed by atoms with Crippen molar-refractivity contribution in [3.05, 3.63) is 70.0 Å². The molecular formula is C17H19FN2O4. The van der Waals surface area contributed by atoms with Crippen molar-refractivity contribution in [1.29, 1.82) is 0 Å². The number of nitro groups is 1. The quantitative estimate of drug-likeness (QED) is 0.593. The molecule has 0 aliphatic carbocycles. The van der Waals surface area contributed by atoms with E-state index in [-0.39, 0.29) is 24.6 Å².